The van der Waals surface area contributed by atoms with Crippen LogP contribution in [0.4, 0.5) is 13.2 Å². The van der Waals surface area contributed by atoms with Gasteiger partial charge in [0.1, 0.15) is 5.75 Å². The van der Waals surface area contributed by atoms with E-state index in [-0.39, 0.29) is 11.5 Å². The molecule has 0 saturated heterocycles. The molecule has 2 aromatic rings. The molecule has 2 rings (SSSR count). The summed E-state index contributed by atoms with van der Waals surface area (Å²) in [5.41, 5.74) is -4.58. The van der Waals surface area contributed by atoms with Crippen LogP contribution in [0.3, 0.4) is 0 Å². The van der Waals surface area contributed by atoms with Crippen LogP contribution in [0.5, 0.6) is 5.75 Å². The molecule has 0 aliphatic rings. The first kappa shape index (κ1) is 19.5. The maximum atomic E-state index is 12.7. The van der Waals surface area contributed by atoms with E-state index in [1.54, 1.807) is 17.8 Å². The molecule has 0 atom stereocenters. The van der Waals surface area contributed by atoms with E-state index in [1.165, 1.54) is 19.1 Å². The van der Waals surface area contributed by atoms with Gasteiger partial charge in [-0.15, -0.1) is 0 Å². The zero-order chi connectivity index (χ0) is 19.4. The fourth-order valence-corrected chi connectivity index (χ4v) is 5.16. The number of nitrogens with zero attached hydrogens (tertiary/aromatic N) is 1. The van der Waals surface area contributed by atoms with Crippen molar-refractivity contribution in [3.05, 3.63) is 23.9 Å². The Hall–Kier alpha value is -1.81. The van der Waals surface area contributed by atoms with Gasteiger partial charge in [0, 0.05) is 29.4 Å². The van der Waals surface area contributed by atoms with Crippen LogP contribution in [0.15, 0.2) is 18.3 Å². The van der Waals surface area contributed by atoms with Crippen molar-refractivity contribution >= 4 is 40.1 Å². The van der Waals surface area contributed by atoms with Gasteiger partial charge in [0.25, 0.3) is 0 Å². The van der Waals surface area contributed by atoms with Crippen molar-refractivity contribution in [3.8, 4) is 5.75 Å². The molecule has 1 aromatic carbocycles. The Kier molecular flexibility index (Phi) is 4.58. The third-order valence-electron chi connectivity index (χ3n) is 3.72. The van der Waals surface area contributed by atoms with Gasteiger partial charge in [-0.1, -0.05) is 19.6 Å². The number of Topliss-reactive ketones (excluding diaryl/α,β-unsaturated/α-hetero) is 1. The van der Waals surface area contributed by atoms with Crippen molar-refractivity contribution in [3.63, 3.8) is 0 Å². The van der Waals surface area contributed by atoms with E-state index in [0.29, 0.717) is 21.7 Å². The van der Waals surface area contributed by atoms with Crippen LogP contribution in [0.1, 0.15) is 17.3 Å². The van der Waals surface area contributed by atoms with Crippen molar-refractivity contribution in [1.29, 1.82) is 0 Å². The molecule has 0 unspecified atom stereocenters. The number of carbonyl (C=O) groups is 1. The Balaban J connectivity index is 2.84. The summed E-state index contributed by atoms with van der Waals surface area (Å²) in [5.74, 6) is -0.538. The molecule has 5 nitrogen and oxygen atoms in total. The van der Waals surface area contributed by atoms with Gasteiger partial charge in [0.2, 0.25) is 0 Å². The molecule has 0 spiro atoms. The molecule has 10 heteroatoms. The van der Waals surface area contributed by atoms with Gasteiger partial charge in [0.15, 0.2) is 5.78 Å². The van der Waals surface area contributed by atoms with Crippen molar-refractivity contribution in [2.24, 2.45) is 7.05 Å². The summed E-state index contributed by atoms with van der Waals surface area (Å²) in [6, 6.07) is 2.60. The van der Waals surface area contributed by atoms with Gasteiger partial charge in [-0.05, 0) is 19.1 Å². The lowest BCUT2D eigenvalue weighted by Gasteiger charge is -2.23. The molecule has 0 amide bonds. The van der Waals surface area contributed by atoms with E-state index < -0.39 is 23.7 Å². The summed E-state index contributed by atoms with van der Waals surface area (Å²) in [7, 11) is -6.47. The first-order valence-corrected chi connectivity index (χ1v) is 12.2. The van der Waals surface area contributed by atoms with Crippen LogP contribution in [0.25, 0.3) is 10.9 Å². The number of carbonyl (C=O) groups excluding carboxylic acids is 1. The third-order valence-corrected chi connectivity index (χ3v) is 6.67. The van der Waals surface area contributed by atoms with Crippen LogP contribution in [0.2, 0.25) is 19.6 Å². The minimum atomic E-state index is -5.78. The standard InChI is InChI=1S/C15H18F3NO4SSi/c1-9(20)11-8-19(2)13-10(11)6-7-12(14(13)25(3,4)5)23-24(21,22)15(16,17)18/h6-8H,1-5H3. The van der Waals surface area contributed by atoms with Crippen LogP contribution in [0, 0.1) is 0 Å². The SMILES string of the molecule is CC(=O)c1cn(C)c2c([Si](C)(C)C)c(OS(=O)(=O)C(F)(F)F)ccc12. The highest BCUT2D eigenvalue weighted by molar-refractivity contribution is 7.88. The highest BCUT2D eigenvalue weighted by Gasteiger charge is 2.49. The van der Waals surface area contributed by atoms with E-state index in [2.05, 4.69) is 4.18 Å². The summed E-state index contributed by atoms with van der Waals surface area (Å²) < 4.78 is 67.0. The molecule has 0 fully saturated rings. The van der Waals surface area contributed by atoms with Gasteiger partial charge in [0.05, 0.1) is 13.6 Å². The zero-order valence-corrected chi connectivity index (χ0v) is 16.2. The lowest BCUT2D eigenvalue weighted by molar-refractivity contribution is -0.0499. The molecule has 1 heterocycles. The fraction of sp³-hybridized carbons (Fsp3) is 0.400. The van der Waals surface area contributed by atoms with Gasteiger partial charge in [-0.3, -0.25) is 4.79 Å². The Morgan fingerprint density at radius 1 is 1.20 bits per heavy atom. The molecular formula is C15H18F3NO4SSi. The van der Waals surface area contributed by atoms with E-state index in [4.69, 9.17) is 0 Å². The first-order chi connectivity index (χ1) is 11.2. The highest BCUT2D eigenvalue weighted by atomic mass is 32.2. The van der Waals surface area contributed by atoms with Crippen molar-refractivity contribution in [2.45, 2.75) is 32.1 Å². The predicted octanol–water partition coefficient (Wildman–Crippen LogP) is 3.15. The Labute approximate surface area is 144 Å². The summed E-state index contributed by atoms with van der Waals surface area (Å²) in [4.78, 5) is 11.8. The second-order valence-corrected chi connectivity index (χ2v) is 13.3. The van der Waals surface area contributed by atoms with Gasteiger partial charge in [-0.25, -0.2) is 0 Å². The van der Waals surface area contributed by atoms with E-state index in [1.807, 2.05) is 19.6 Å². The Morgan fingerprint density at radius 3 is 2.20 bits per heavy atom. The normalized spacial score (nSPS) is 13.3. The maximum Gasteiger partial charge on any atom is 0.534 e. The second-order valence-electron chi connectivity index (χ2n) is 6.78. The molecule has 138 valence electrons. The number of hydrogen-bond acceptors (Lipinski definition) is 4. The molecule has 25 heavy (non-hydrogen) atoms. The number of hydrogen-bond donors (Lipinski definition) is 0. The maximum absolute atomic E-state index is 12.7. The number of aromatic nitrogens is 1. The smallest absolute Gasteiger partial charge is 0.376 e. The summed E-state index contributed by atoms with van der Waals surface area (Å²) in [6.07, 6.45) is 1.58. The van der Waals surface area contributed by atoms with Crippen LogP contribution >= 0.6 is 0 Å². The molecule has 0 aliphatic heterocycles. The zero-order valence-electron chi connectivity index (χ0n) is 14.4. The summed E-state index contributed by atoms with van der Waals surface area (Å²) in [6.45, 7) is 6.96. The van der Waals surface area contributed by atoms with Crippen molar-refractivity contribution in [1.82, 2.24) is 4.57 Å². The van der Waals surface area contributed by atoms with Crippen molar-refractivity contribution < 1.29 is 30.6 Å². The van der Waals surface area contributed by atoms with Gasteiger partial charge >= 0.3 is 15.6 Å². The number of halogens is 3. The fourth-order valence-electron chi connectivity index (χ4n) is 2.72. The number of rotatable bonds is 4. The van der Waals surface area contributed by atoms with Crippen LogP contribution in [-0.4, -0.2) is 32.4 Å². The van der Waals surface area contributed by atoms with E-state index in [9.17, 15) is 26.4 Å². The third kappa shape index (κ3) is 3.45. The number of ketones is 1. The molecule has 0 aliphatic carbocycles. The Morgan fingerprint density at radius 2 is 1.76 bits per heavy atom. The summed E-state index contributed by atoms with van der Waals surface area (Å²) >= 11 is 0. The topological polar surface area (TPSA) is 65.4 Å². The highest BCUT2D eigenvalue weighted by Crippen LogP contribution is 2.31. The number of fused-ring (bicyclic) bond motifs is 1. The van der Waals surface area contributed by atoms with E-state index in [0.717, 1.165) is 0 Å². The first-order valence-electron chi connectivity index (χ1n) is 7.31. The summed E-state index contributed by atoms with van der Waals surface area (Å²) in [5, 5.41) is 0.969. The van der Waals surface area contributed by atoms with Gasteiger partial charge < -0.3 is 8.75 Å². The molecule has 1 aromatic heterocycles. The minimum Gasteiger partial charge on any atom is -0.376 e. The lowest BCUT2D eigenvalue weighted by Crippen LogP contribution is -2.41. The second kappa shape index (κ2) is 5.87. The number of benzene rings is 1. The van der Waals surface area contributed by atoms with Gasteiger partial charge in [-0.2, -0.15) is 21.6 Å². The predicted molar refractivity (Wildman–Crippen MR) is 91.5 cm³/mol. The average Bonchev–Trinajstić information content (AvgIpc) is 2.73. The molecular weight excluding hydrogens is 375 g/mol. The molecule has 0 radical (unpaired) electrons. The quantitative estimate of drug-likeness (QED) is 0.346. The number of aryl methyl sites for hydroxylation is 1. The number of alkyl halides is 3. The van der Waals surface area contributed by atoms with Crippen LogP contribution in [-0.2, 0) is 17.2 Å². The monoisotopic (exact) mass is 393 g/mol. The molecule has 0 N–H and O–H groups in total. The molecule has 0 saturated carbocycles. The largest absolute Gasteiger partial charge is 0.534 e. The minimum absolute atomic E-state index is 0.191. The lowest BCUT2D eigenvalue weighted by atomic mass is 10.1. The molecule has 0 bridgehead atoms. The van der Waals surface area contributed by atoms with E-state index >= 15 is 0 Å². The van der Waals surface area contributed by atoms with Crippen molar-refractivity contribution in [2.75, 3.05) is 0 Å². The Bertz CT molecular complexity index is 956. The average molecular weight is 393 g/mol. The van der Waals surface area contributed by atoms with Crippen LogP contribution < -0.4 is 9.37 Å².